The van der Waals surface area contributed by atoms with Crippen molar-refractivity contribution in [2.75, 3.05) is 0 Å². The predicted molar refractivity (Wildman–Crippen MR) is 56.4 cm³/mol. The molecule has 2 rings (SSSR count). The number of pyridine rings is 1. The van der Waals surface area contributed by atoms with Gasteiger partial charge in [0.25, 0.3) is 0 Å². The molecule has 2 aromatic rings. The maximum Gasteiger partial charge on any atom is 0.389 e. The van der Waals surface area contributed by atoms with Crippen LogP contribution in [0.25, 0.3) is 5.52 Å². The van der Waals surface area contributed by atoms with Crippen molar-refractivity contribution >= 4 is 17.3 Å². The van der Waals surface area contributed by atoms with Gasteiger partial charge in [0.2, 0.25) is 6.33 Å². The molecular formula is C9H8N4O4. The van der Waals surface area contributed by atoms with Gasteiger partial charge < -0.3 is 21.0 Å². The molecule has 8 nitrogen and oxygen atoms in total. The number of imidazole rings is 1. The predicted octanol–water partition coefficient (Wildman–Crippen LogP) is 0.327. The van der Waals surface area contributed by atoms with Gasteiger partial charge >= 0.3 is 11.8 Å². The second-order valence-electron chi connectivity index (χ2n) is 3.36. The van der Waals surface area contributed by atoms with Crippen molar-refractivity contribution in [3.63, 3.8) is 0 Å². The fraction of sp³-hybridized carbons (Fsp3) is 0.111. The van der Waals surface area contributed by atoms with Crippen LogP contribution in [-0.2, 0) is 4.79 Å². The van der Waals surface area contributed by atoms with Gasteiger partial charge in [0.1, 0.15) is 6.04 Å². The number of nitrogens with zero attached hydrogens (tertiary/aromatic N) is 3. The summed E-state index contributed by atoms with van der Waals surface area (Å²) in [6, 6.07) is 1.66. The molecule has 2 heterocycles. The second-order valence-corrected chi connectivity index (χ2v) is 3.36. The highest BCUT2D eigenvalue weighted by Gasteiger charge is 2.25. The first-order chi connectivity index (χ1) is 8.02. The highest BCUT2D eigenvalue weighted by Crippen LogP contribution is 2.25. The zero-order chi connectivity index (χ0) is 12.6. The Labute approximate surface area is 94.4 Å². The van der Waals surface area contributed by atoms with Gasteiger partial charge in [-0.25, -0.2) is 0 Å². The molecule has 0 amide bonds. The quantitative estimate of drug-likeness (QED) is 0.584. The standard InChI is InChI=1S/C9H8N4O4/c10-6(9(14)15)5-2-1-3-12-4-11-8(7(5)12)13(16)17/h1-4,6H,10H2,(H,14,15). The monoisotopic (exact) mass is 236 g/mol. The van der Waals surface area contributed by atoms with Gasteiger partial charge in [-0.3, -0.25) is 9.20 Å². The first kappa shape index (κ1) is 11.0. The summed E-state index contributed by atoms with van der Waals surface area (Å²) in [4.78, 5) is 24.5. The molecule has 0 spiro atoms. The molecule has 17 heavy (non-hydrogen) atoms. The topological polar surface area (TPSA) is 124 Å². The van der Waals surface area contributed by atoms with Gasteiger partial charge in [0.05, 0.1) is 0 Å². The largest absolute Gasteiger partial charge is 0.480 e. The lowest BCUT2D eigenvalue weighted by atomic mass is 10.1. The summed E-state index contributed by atoms with van der Waals surface area (Å²) in [5, 5.41) is 19.6. The molecule has 0 fully saturated rings. The van der Waals surface area contributed by atoms with Crippen LogP contribution in [0.15, 0.2) is 24.7 Å². The van der Waals surface area contributed by atoms with E-state index in [2.05, 4.69) is 4.98 Å². The van der Waals surface area contributed by atoms with Crippen molar-refractivity contribution in [3.8, 4) is 0 Å². The minimum Gasteiger partial charge on any atom is -0.480 e. The third-order valence-electron chi connectivity index (χ3n) is 2.34. The van der Waals surface area contributed by atoms with Gasteiger partial charge in [0.15, 0.2) is 5.52 Å². The SMILES string of the molecule is NC(C(=O)O)c1cccn2cnc([N+](=O)[O-])c12. The summed E-state index contributed by atoms with van der Waals surface area (Å²) < 4.78 is 1.37. The number of aliphatic carboxylic acids is 1. The summed E-state index contributed by atoms with van der Waals surface area (Å²) in [7, 11) is 0. The Bertz CT molecular complexity index is 606. The zero-order valence-corrected chi connectivity index (χ0v) is 8.48. The molecule has 3 N–H and O–H groups in total. The third kappa shape index (κ3) is 1.70. The van der Waals surface area contributed by atoms with Crippen LogP contribution in [0.5, 0.6) is 0 Å². The summed E-state index contributed by atoms with van der Waals surface area (Å²) >= 11 is 0. The van der Waals surface area contributed by atoms with E-state index in [4.69, 9.17) is 10.8 Å². The molecule has 0 aromatic carbocycles. The fourth-order valence-electron chi connectivity index (χ4n) is 1.58. The number of rotatable bonds is 3. The van der Waals surface area contributed by atoms with Crippen LogP contribution in [0.4, 0.5) is 5.82 Å². The molecule has 1 unspecified atom stereocenters. The number of aromatic nitrogens is 2. The Hall–Kier alpha value is -2.48. The van der Waals surface area contributed by atoms with Crippen LogP contribution in [0.3, 0.4) is 0 Å². The van der Waals surface area contributed by atoms with Gasteiger partial charge in [-0.1, -0.05) is 6.07 Å². The maximum atomic E-state index is 10.8. The Morgan fingerprint density at radius 3 is 2.94 bits per heavy atom. The van der Waals surface area contributed by atoms with Crippen LogP contribution >= 0.6 is 0 Å². The van der Waals surface area contributed by atoms with Crippen LogP contribution in [0, 0.1) is 10.1 Å². The zero-order valence-electron chi connectivity index (χ0n) is 8.48. The molecule has 0 aliphatic heterocycles. The Morgan fingerprint density at radius 2 is 2.35 bits per heavy atom. The molecule has 0 radical (unpaired) electrons. The molecule has 0 bridgehead atoms. The van der Waals surface area contributed by atoms with Gasteiger partial charge in [-0.15, -0.1) is 0 Å². The van der Waals surface area contributed by atoms with E-state index in [0.717, 1.165) is 0 Å². The molecule has 8 heteroatoms. The van der Waals surface area contributed by atoms with Crippen LogP contribution < -0.4 is 5.73 Å². The molecule has 2 aromatic heterocycles. The van der Waals surface area contributed by atoms with E-state index in [1.54, 1.807) is 6.07 Å². The number of nitrogens with two attached hydrogens (primary N) is 1. The summed E-state index contributed by atoms with van der Waals surface area (Å²) in [5.74, 6) is -1.66. The van der Waals surface area contributed by atoms with E-state index in [1.165, 1.54) is 23.0 Å². The Morgan fingerprint density at radius 1 is 1.65 bits per heavy atom. The van der Waals surface area contributed by atoms with E-state index < -0.39 is 22.8 Å². The number of carboxylic acid groups (broad SMARTS) is 1. The number of hydrogen-bond acceptors (Lipinski definition) is 5. The second kappa shape index (κ2) is 3.83. The number of hydrogen-bond donors (Lipinski definition) is 2. The van der Waals surface area contributed by atoms with E-state index in [-0.39, 0.29) is 11.1 Å². The Balaban J connectivity index is 2.74. The molecule has 0 saturated heterocycles. The molecule has 0 saturated carbocycles. The highest BCUT2D eigenvalue weighted by molar-refractivity contribution is 5.81. The highest BCUT2D eigenvalue weighted by atomic mass is 16.6. The molecule has 88 valence electrons. The lowest BCUT2D eigenvalue weighted by Crippen LogP contribution is -2.21. The number of carbonyl (C=O) groups is 1. The average molecular weight is 236 g/mol. The minimum absolute atomic E-state index is 0.104. The number of fused-ring (bicyclic) bond motifs is 1. The molecule has 0 aliphatic rings. The van der Waals surface area contributed by atoms with Crippen molar-refractivity contribution in [3.05, 3.63) is 40.3 Å². The third-order valence-corrected chi connectivity index (χ3v) is 2.34. The first-order valence-corrected chi connectivity index (χ1v) is 4.60. The average Bonchev–Trinajstić information content (AvgIpc) is 2.71. The maximum absolute atomic E-state index is 10.8. The summed E-state index contributed by atoms with van der Waals surface area (Å²) in [6.45, 7) is 0. The fourth-order valence-corrected chi connectivity index (χ4v) is 1.58. The van der Waals surface area contributed by atoms with Crippen molar-refractivity contribution in [2.24, 2.45) is 5.73 Å². The normalized spacial score (nSPS) is 12.5. The van der Waals surface area contributed by atoms with Gasteiger partial charge in [-0.05, 0) is 16.0 Å². The summed E-state index contributed by atoms with van der Waals surface area (Å²) in [5.41, 5.74) is 5.73. The van der Waals surface area contributed by atoms with Crippen molar-refractivity contribution in [1.29, 1.82) is 0 Å². The van der Waals surface area contributed by atoms with E-state index in [0.29, 0.717) is 0 Å². The Kier molecular flexibility index (Phi) is 2.48. The van der Waals surface area contributed by atoms with Gasteiger partial charge in [-0.2, -0.15) is 0 Å². The lowest BCUT2D eigenvalue weighted by molar-refractivity contribution is -0.387. The number of carboxylic acids is 1. The van der Waals surface area contributed by atoms with Crippen molar-refractivity contribution in [2.45, 2.75) is 6.04 Å². The van der Waals surface area contributed by atoms with Crippen LogP contribution in [0.1, 0.15) is 11.6 Å². The van der Waals surface area contributed by atoms with Crippen molar-refractivity contribution in [1.82, 2.24) is 9.38 Å². The first-order valence-electron chi connectivity index (χ1n) is 4.60. The minimum atomic E-state index is -1.32. The summed E-state index contributed by atoms with van der Waals surface area (Å²) in [6.07, 6.45) is 2.78. The number of nitro groups is 1. The van der Waals surface area contributed by atoms with Crippen LogP contribution in [0.2, 0.25) is 0 Å². The van der Waals surface area contributed by atoms with E-state index >= 15 is 0 Å². The van der Waals surface area contributed by atoms with E-state index in [9.17, 15) is 14.9 Å². The molecular weight excluding hydrogens is 228 g/mol. The molecule has 0 aliphatic carbocycles. The lowest BCUT2D eigenvalue weighted by Gasteiger charge is -2.07. The van der Waals surface area contributed by atoms with Gasteiger partial charge in [0, 0.05) is 11.8 Å². The molecule has 1 atom stereocenters. The van der Waals surface area contributed by atoms with E-state index in [1.807, 2.05) is 0 Å². The smallest absolute Gasteiger partial charge is 0.389 e. The van der Waals surface area contributed by atoms with Crippen LogP contribution in [-0.4, -0.2) is 25.4 Å². The van der Waals surface area contributed by atoms with Crippen molar-refractivity contribution < 1.29 is 14.8 Å².